The number of hydrogen-bond acceptors (Lipinski definition) is 5. The van der Waals surface area contributed by atoms with Crippen LogP contribution >= 0.6 is 11.3 Å². The molecule has 2 heterocycles. The number of halogens is 3. The van der Waals surface area contributed by atoms with Gasteiger partial charge in [-0.05, 0) is 37.1 Å². The quantitative estimate of drug-likeness (QED) is 0.650. The Morgan fingerprint density at radius 3 is 2.52 bits per heavy atom. The van der Waals surface area contributed by atoms with Gasteiger partial charge < -0.3 is 15.3 Å². The van der Waals surface area contributed by atoms with Crippen LogP contribution < -0.4 is 10.2 Å². The van der Waals surface area contributed by atoms with Gasteiger partial charge in [0, 0.05) is 24.8 Å². The van der Waals surface area contributed by atoms with Gasteiger partial charge in [-0.25, -0.2) is 4.98 Å². The summed E-state index contributed by atoms with van der Waals surface area (Å²) in [4.78, 5) is 6.69. The Hall–Kier alpha value is -2.48. The van der Waals surface area contributed by atoms with Gasteiger partial charge in [-0.2, -0.15) is 13.2 Å². The molecular weight excluding hydrogens is 375 g/mol. The lowest BCUT2D eigenvalue weighted by Gasteiger charge is -2.33. The summed E-state index contributed by atoms with van der Waals surface area (Å²) < 4.78 is 40.2. The highest BCUT2D eigenvalue weighted by atomic mass is 32.1. The zero-order chi connectivity index (χ0) is 19.0. The molecule has 8 heteroatoms. The molecule has 4 nitrogen and oxygen atoms in total. The minimum Gasteiger partial charge on any atom is -0.506 e. The fourth-order valence-electron chi connectivity index (χ4n) is 3.35. The van der Waals surface area contributed by atoms with Crippen molar-refractivity contribution in [1.29, 1.82) is 0 Å². The topological polar surface area (TPSA) is 48.4 Å². The molecule has 3 aromatic rings. The monoisotopic (exact) mass is 393 g/mol. The standard InChI is InChI=1S/C19H18F3N3OS/c20-19(21,22)13-4-1-2-5-14(13)23-12-8-10-25(11-9-12)18-24-15-6-3-7-16(26)17(15)27-18/h1-7,12,23,26H,8-11H2. The van der Waals surface area contributed by atoms with Crippen LogP contribution in [0.5, 0.6) is 5.75 Å². The molecule has 1 aliphatic heterocycles. The van der Waals surface area contributed by atoms with Crippen LogP contribution in [-0.2, 0) is 6.18 Å². The molecular formula is C19H18F3N3OS. The first-order chi connectivity index (χ1) is 12.9. The molecule has 0 bridgehead atoms. The van der Waals surface area contributed by atoms with Crippen LogP contribution in [0.1, 0.15) is 18.4 Å². The van der Waals surface area contributed by atoms with Gasteiger partial charge in [0.15, 0.2) is 5.13 Å². The fraction of sp³-hybridized carbons (Fsp3) is 0.316. The third kappa shape index (κ3) is 3.66. The molecule has 0 spiro atoms. The first-order valence-corrected chi connectivity index (χ1v) is 9.50. The van der Waals surface area contributed by atoms with Crippen LogP contribution in [-0.4, -0.2) is 29.2 Å². The van der Waals surface area contributed by atoms with Gasteiger partial charge in [0.25, 0.3) is 0 Å². The van der Waals surface area contributed by atoms with E-state index in [1.165, 1.54) is 23.5 Å². The van der Waals surface area contributed by atoms with Gasteiger partial charge in [-0.1, -0.05) is 29.5 Å². The lowest BCUT2D eigenvalue weighted by Crippen LogP contribution is -2.39. The minimum atomic E-state index is -4.37. The van der Waals surface area contributed by atoms with E-state index in [4.69, 9.17) is 0 Å². The smallest absolute Gasteiger partial charge is 0.418 e. The van der Waals surface area contributed by atoms with Crippen molar-refractivity contribution < 1.29 is 18.3 Å². The van der Waals surface area contributed by atoms with Crippen LogP contribution in [0.4, 0.5) is 24.0 Å². The number of rotatable bonds is 3. The summed E-state index contributed by atoms with van der Waals surface area (Å²) in [7, 11) is 0. The summed E-state index contributed by atoms with van der Waals surface area (Å²) in [6, 6.07) is 10.8. The predicted molar refractivity (Wildman–Crippen MR) is 102 cm³/mol. The molecule has 2 aromatic carbocycles. The predicted octanol–water partition coefficient (Wildman–Crippen LogP) is 5.10. The lowest BCUT2D eigenvalue weighted by atomic mass is 10.0. The Labute approximate surface area is 158 Å². The molecule has 27 heavy (non-hydrogen) atoms. The van der Waals surface area contributed by atoms with E-state index in [-0.39, 0.29) is 17.5 Å². The molecule has 0 amide bonds. The van der Waals surface area contributed by atoms with Gasteiger partial charge in [-0.3, -0.25) is 0 Å². The van der Waals surface area contributed by atoms with Gasteiger partial charge in [0.1, 0.15) is 5.75 Å². The molecule has 1 aromatic heterocycles. The number of aromatic nitrogens is 1. The minimum absolute atomic E-state index is 0.0208. The van der Waals surface area contributed by atoms with Crippen molar-refractivity contribution in [3.05, 3.63) is 48.0 Å². The molecule has 0 aliphatic carbocycles. The molecule has 142 valence electrons. The summed E-state index contributed by atoms with van der Waals surface area (Å²) in [5.41, 5.74) is 0.261. The van der Waals surface area contributed by atoms with Gasteiger partial charge >= 0.3 is 6.18 Å². The summed E-state index contributed by atoms with van der Waals surface area (Å²) in [6.45, 7) is 1.40. The summed E-state index contributed by atoms with van der Waals surface area (Å²) in [6.07, 6.45) is -2.94. The second-order valence-corrected chi connectivity index (χ2v) is 7.55. The van der Waals surface area contributed by atoms with Crippen molar-refractivity contribution in [2.24, 2.45) is 0 Å². The maximum atomic E-state index is 13.1. The normalized spacial score (nSPS) is 16.0. The van der Waals surface area contributed by atoms with E-state index < -0.39 is 11.7 Å². The molecule has 1 fully saturated rings. The Kier molecular flexibility index (Phi) is 4.59. The van der Waals surface area contributed by atoms with Gasteiger partial charge in [0.2, 0.25) is 0 Å². The van der Waals surface area contributed by atoms with Crippen molar-refractivity contribution >= 4 is 32.4 Å². The van der Waals surface area contributed by atoms with E-state index >= 15 is 0 Å². The number of fused-ring (bicyclic) bond motifs is 1. The van der Waals surface area contributed by atoms with E-state index in [1.807, 2.05) is 6.07 Å². The fourth-order valence-corrected chi connectivity index (χ4v) is 4.38. The number of thiazole rings is 1. The molecule has 2 N–H and O–H groups in total. The van der Waals surface area contributed by atoms with Crippen LogP contribution in [0.15, 0.2) is 42.5 Å². The number of anilines is 2. The molecule has 0 saturated carbocycles. The van der Waals surface area contributed by atoms with Crippen molar-refractivity contribution in [3.63, 3.8) is 0 Å². The maximum absolute atomic E-state index is 13.1. The highest BCUT2D eigenvalue weighted by Crippen LogP contribution is 2.37. The van der Waals surface area contributed by atoms with E-state index in [9.17, 15) is 18.3 Å². The zero-order valence-corrected chi connectivity index (χ0v) is 15.1. The maximum Gasteiger partial charge on any atom is 0.418 e. The molecule has 0 atom stereocenters. The Morgan fingerprint density at radius 2 is 1.81 bits per heavy atom. The van der Waals surface area contributed by atoms with Crippen molar-refractivity contribution in [2.45, 2.75) is 25.1 Å². The van der Waals surface area contributed by atoms with Crippen LogP contribution in [0.3, 0.4) is 0 Å². The summed E-state index contributed by atoms with van der Waals surface area (Å²) in [5.74, 6) is 0.219. The van der Waals surface area contributed by atoms with E-state index in [1.54, 1.807) is 18.2 Å². The third-order valence-electron chi connectivity index (χ3n) is 4.74. The molecule has 0 unspecified atom stereocenters. The number of phenolic OH excluding ortho intramolecular Hbond substituents is 1. The molecule has 4 rings (SSSR count). The number of hydrogen-bond donors (Lipinski definition) is 2. The number of aromatic hydroxyl groups is 1. The number of nitrogens with zero attached hydrogens (tertiary/aromatic N) is 2. The van der Waals surface area contributed by atoms with Gasteiger partial charge in [-0.15, -0.1) is 0 Å². The number of para-hydroxylation sites is 1. The Balaban J connectivity index is 1.44. The number of benzene rings is 2. The molecule has 0 radical (unpaired) electrons. The van der Waals surface area contributed by atoms with Crippen molar-refractivity contribution in [3.8, 4) is 5.75 Å². The largest absolute Gasteiger partial charge is 0.506 e. The SMILES string of the molecule is Oc1cccc2nc(N3CCC(Nc4ccccc4C(F)(F)F)CC3)sc12. The Morgan fingerprint density at radius 1 is 1.07 bits per heavy atom. The second-order valence-electron chi connectivity index (χ2n) is 6.57. The van der Waals surface area contributed by atoms with E-state index in [0.29, 0.717) is 25.9 Å². The average molecular weight is 393 g/mol. The van der Waals surface area contributed by atoms with E-state index in [0.717, 1.165) is 21.4 Å². The second kappa shape index (κ2) is 6.92. The highest BCUT2D eigenvalue weighted by molar-refractivity contribution is 7.22. The molecule has 1 aliphatic rings. The Bertz CT molecular complexity index is 949. The highest BCUT2D eigenvalue weighted by Gasteiger charge is 2.34. The number of nitrogens with one attached hydrogen (secondary N) is 1. The van der Waals surface area contributed by atoms with Crippen molar-refractivity contribution in [2.75, 3.05) is 23.3 Å². The first kappa shape index (κ1) is 17.9. The number of piperidine rings is 1. The van der Waals surface area contributed by atoms with Crippen molar-refractivity contribution in [1.82, 2.24) is 4.98 Å². The molecule has 1 saturated heterocycles. The van der Waals surface area contributed by atoms with E-state index in [2.05, 4.69) is 15.2 Å². The number of alkyl halides is 3. The summed E-state index contributed by atoms with van der Waals surface area (Å²) >= 11 is 1.44. The van der Waals surface area contributed by atoms with Crippen LogP contribution in [0, 0.1) is 0 Å². The number of phenols is 1. The van der Waals surface area contributed by atoms with Crippen LogP contribution in [0.25, 0.3) is 10.2 Å². The zero-order valence-electron chi connectivity index (χ0n) is 14.3. The van der Waals surface area contributed by atoms with Gasteiger partial charge in [0.05, 0.1) is 15.8 Å². The average Bonchev–Trinajstić information content (AvgIpc) is 3.08. The summed E-state index contributed by atoms with van der Waals surface area (Å²) in [5, 5.41) is 13.8. The first-order valence-electron chi connectivity index (χ1n) is 8.68. The van der Waals surface area contributed by atoms with Crippen LogP contribution in [0.2, 0.25) is 0 Å². The third-order valence-corrected chi connectivity index (χ3v) is 5.89. The lowest BCUT2D eigenvalue weighted by molar-refractivity contribution is -0.137.